The van der Waals surface area contributed by atoms with Gasteiger partial charge in [0.25, 0.3) is 0 Å². The Kier molecular flexibility index (Phi) is 14.9. The number of nitrogens with zero attached hydrogens (tertiary/aromatic N) is 10. The van der Waals surface area contributed by atoms with E-state index in [1.165, 1.54) is 4.90 Å². The van der Waals surface area contributed by atoms with Crippen molar-refractivity contribution in [1.29, 1.82) is 0 Å². The van der Waals surface area contributed by atoms with Gasteiger partial charge < -0.3 is 59.8 Å². The molecule has 79 heavy (non-hydrogen) atoms. The third-order valence-corrected chi connectivity index (χ3v) is 18.3. The van der Waals surface area contributed by atoms with Gasteiger partial charge in [-0.3, -0.25) is 9.59 Å². The number of aromatic hydroxyl groups is 1. The number of amides is 2. The first kappa shape index (κ1) is 52.8. The van der Waals surface area contributed by atoms with Crippen LogP contribution >= 0.6 is 11.3 Å². The number of aromatic nitrogens is 5. The monoisotopic (exact) mass is 1090 g/mol. The molecule has 5 N–H and O–H groups in total. The predicted molar refractivity (Wildman–Crippen MR) is 302 cm³/mol. The molecular formula is C59H72N12O7S. The number of nitrogens with one attached hydrogen (secondary N) is 1. The van der Waals surface area contributed by atoms with Gasteiger partial charge in [0.15, 0.2) is 17.4 Å². The van der Waals surface area contributed by atoms with Crippen molar-refractivity contribution in [3.63, 3.8) is 0 Å². The Morgan fingerprint density at radius 1 is 0.861 bits per heavy atom. The first-order chi connectivity index (χ1) is 38.3. The van der Waals surface area contributed by atoms with Gasteiger partial charge in [-0.25, -0.2) is 9.97 Å². The fraction of sp³-hybridized carbons (Fsp3) is 0.508. The minimum Gasteiger partial charge on any atom is -0.507 e. The number of thiazole rings is 1. The molecule has 6 aromatic rings. The van der Waals surface area contributed by atoms with Gasteiger partial charge in [0.2, 0.25) is 17.7 Å². The molecule has 2 amide bonds. The van der Waals surface area contributed by atoms with Gasteiger partial charge in [-0.05, 0) is 80.8 Å². The van der Waals surface area contributed by atoms with Crippen LogP contribution in [0.5, 0.6) is 11.6 Å². The Labute approximate surface area is 465 Å². The Balaban J connectivity index is 0.566. The van der Waals surface area contributed by atoms with E-state index in [0.29, 0.717) is 46.7 Å². The van der Waals surface area contributed by atoms with Crippen molar-refractivity contribution < 1.29 is 33.8 Å². The van der Waals surface area contributed by atoms with Crippen LogP contribution in [0.1, 0.15) is 94.7 Å². The van der Waals surface area contributed by atoms with Crippen molar-refractivity contribution >= 4 is 46.2 Å². The van der Waals surface area contributed by atoms with Crippen LogP contribution in [-0.4, -0.2) is 152 Å². The van der Waals surface area contributed by atoms with Gasteiger partial charge in [-0.2, -0.15) is 0 Å². The van der Waals surface area contributed by atoms with E-state index in [9.17, 15) is 19.8 Å². The number of nitrogens with two attached hydrogens (primary N) is 1. The maximum absolute atomic E-state index is 14.4. The summed E-state index contributed by atoms with van der Waals surface area (Å²) in [5, 5.41) is 37.3. The van der Waals surface area contributed by atoms with Gasteiger partial charge in [-0.15, -0.1) is 21.5 Å². The Bertz CT molecular complexity index is 3100. The number of piperidine rings is 1. The second-order valence-electron chi connectivity index (χ2n) is 23.1. The molecular weight excluding hydrogens is 1020 g/mol. The number of hydrogen-bond donors (Lipinski definition) is 4. The highest BCUT2D eigenvalue weighted by Crippen LogP contribution is 2.41. The molecule has 6 fully saturated rings. The average molecular weight is 1090 g/mol. The van der Waals surface area contributed by atoms with Crippen LogP contribution in [0.15, 0.2) is 89.0 Å². The standard InChI is InChI=1S/C59H72N12O7S/c1-34(2)55(59(75)70-32-43(72)22-50(70)58(74)63-35(3)38-9-11-39(12-10-38)56-36(4)62-33-79-56)52-26-53(66-78-52)69-28-37(29-69)27-67-19-16-44(17-20-67)76-45-23-46(24-45)77-54-21-40(15-18-61-54)71-41-13-14-42(71)31-68(30-41)49-25-48(64-65-57(49)60)47-7-5-6-8-51(47)73/h5-12,15,18,21,25-26,33-35,37,41-46,50,55,72-73H,13-14,16-17,19-20,22-24,27-32H2,1-4H3,(H2,60,65)(H,63,74)/t35-,41+,42?,43+,45?,46?,50-,55+/m0/s1. The minimum absolute atomic E-state index is 0.0787. The molecule has 6 aliphatic rings. The number of anilines is 4. The van der Waals surface area contributed by atoms with Gasteiger partial charge in [0, 0.05) is 119 Å². The zero-order valence-corrected chi connectivity index (χ0v) is 46.3. The smallest absolute Gasteiger partial charge is 0.243 e. The number of carbonyl (C=O) groups is 2. The molecule has 4 aromatic heterocycles. The van der Waals surface area contributed by atoms with Crippen LogP contribution in [0.2, 0.25) is 0 Å². The van der Waals surface area contributed by atoms with E-state index in [4.69, 9.17) is 19.7 Å². The molecule has 416 valence electrons. The van der Waals surface area contributed by atoms with Crippen LogP contribution in [0, 0.1) is 18.8 Å². The predicted octanol–water partition coefficient (Wildman–Crippen LogP) is 7.21. The SMILES string of the molecule is Cc1ncsc1-c1ccc([C@H](C)NC(=O)[C@@H]2C[C@@H](O)CN2C(=O)[C@@H](c2cc(N3CC(CN4CCC(OC5CC(Oc6cc(N7C8CC[C@@H]7CN(c7cc(-c9ccccc9O)nnc7N)C8)ccn6)C5)CC4)C3)no2)C(C)C)cc1. The quantitative estimate of drug-likeness (QED) is 0.0708. The van der Waals surface area contributed by atoms with E-state index < -0.39 is 18.1 Å². The lowest BCUT2D eigenvalue weighted by Crippen LogP contribution is -2.54. The highest BCUT2D eigenvalue weighted by atomic mass is 32.1. The van der Waals surface area contributed by atoms with E-state index in [-0.39, 0.29) is 60.8 Å². The summed E-state index contributed by atoms with van der Waals surface area (Å²) in [7, 11) is 0. The largest absolute Gasteiger partial charge is 0.507 e. The van der Waals surface area contributed by atoms with Gasteiger partial charge in [-0.1, -0.05) is 55.4 Å². The highest BCUT2D eigenvalue weighted by molar-refractivity contribution is 7.13. The molecule has 19 nitrogen and oxygen atoms in total. The van der Waals surface area contributed by atoms with E-state index >= 15 is 0 Å². The molecule has 12 rings (SSSR count). The number of fused-ring (bicyclic) bond motifs is 2. The molecule has 5 saturated heterocycles. The number of aryl methyl sites for hydroxylation is 1. The van der Waals surface area contributed by atoms with Crippen molar-refractivity contribution in [3.8, 4) is 33.3 Å². The number of carbonyl (C=O) groups excluding carboxylic acids is 2. The number of hydrogen-bond acceptors (Lipinski definition) is 18. The lowest BCUT2D eigenvalue weighted by molar-refractivity contribution is -0.141. The van der Waals surface area contributed by atoms with Crippen LogP contribution in [0.4, 0.5) is 23.0 Å². The molecule has 9 heterocycles. The second-order valence-corrected chi connectivity index (χ2v) is 24.0. The maximum atomic E-state index is 14.4. The highest BCUT2D eigenvalue weighted by Gasteiger charge is 2.45. The third kappa shape index (κ3) is 11.1. The minimum atomic E-state index is -0.804. The lowest BCUT2D eigenvalue weighted by Gasteiger charge is -2.44. The summed E-state index contributed by atoms with van der Waals surface area (Å²) in [5.41, 5.74) is 14.5. The number of aliphatic hydroxyl groups is 1. The maximum Gasteiger partial charge on any atom is 0.243 e. The number of nitrogen functional groups attached to an aromatic ring is 1. The fourth-order valence-corrected chi connectivity index (χ4v) is 13.7. The third-order valence-electron chi connectivity index (χ3n) is 17.3. The molecule has 2 aromatic carbocycles. The van der Waals surface area contributed by atoms with Crippen molar-refractivity contribution in [2.75, 3.05) is 72.8 Å². The van der Waals surface area contributed by atoms with Gasteiger partial charge in [0.05, 0.1) is 51.8 Å². The fourth-order valence-electron chi connectivity index (χ4n) is 12.9. The average Bonchev–Trinajstić information content (AvgIpc) is 4.37. The molecule has 20 heteroatoms. The summed E-state index contributed by atoms with van der Waals surface area (Å²) in [6.45, 7) is 14.3. The molecule has 2 bridgehead atoms. The summed E-state index contributed by atoms with van der Waals surface area (Å²) in [6.07, 6.45) is 7.63. The zero-order chi connectivity index (χ0) is 54.5. The number of benzene rings is 2. The number of pyridine rings is 1. The molecule has 1 saturated carbocycles. The van der Waals surface area contributed by atoms with Crippen molar-refractivity contribution in [2.24, 2.45) is 11.8 Å². The number of phenols is 1. The van der Waals surface area contributed by atoms with E-state index in [1.54, 1.807) is 23.5 Å². The Morgan fingerprint density at radius 2 is 1.62 bits per heavy atom. The number of para-hydroxylation sites is 1. The number of piperazine rings is 1. The summed E-state index contributed by atoms with van der Waals surface area (Å²) in [6, 6.07) is 22.8. The van der Waals surface area contributed by atoms with E-state index in [2.05, 4.69) is 62.4 Å². The Morgan fingerprint density at radius 3 is 2.34 bits per heavy atom. The first-order valence-electron chi connectivity index (χ1n) is 28.2. The Hall–Kier alpha value is -6.87. The first-order valence-corrected chi connectivity index (χ1v) is 29.1. The van der Waals surface area contributed by atoms with Gasteiger partial charge >= 0.3 is 0 Å². The number of phenolic OH excluding ortho intramolecular Hbond substituents is 1. The molecule has 1 unspecified atom stereocenters. The van der Waals surface area contributed by atoms with E-state index in [0.717, 1.165) is 123 Å². The van der Waals surface area contributed by atoms with Gasteiger partial charge in [0.1, 0.15) is 23.8 Å². The number of rotatable bonds is 17. The summed E-state index contributed by atoms with van der Waals surface area (Å²) < 4.78 is 19.0. The summed E-state index contributed by atoms with van der Waals surface area (Å²) >= 11 is 1.60. The summed E-state index contributed by atoms with van der Waals surface area (Å²) in [5.74, 6) is 1.58. The van der Waals surface area contributed by atoms with Crippen LogP contribution in [0.25, 0.3) is 21.7 Å². The zero-order valence-electron chi connectivity index (χ0n) is 45.4. The second kappa shape index (κ2) is 22.3. The van der Waals surface area contributed by atoms with E-state index in [1.807, 2.05) is 87.9 Å². The normalized spacial score (nSPS) is 24.4. The number of likely N-dealkylation sites (tertiary alicyclic amines) is 2. The lowest BCUT2D eigenvalue weighted by atomic mass is 9.91. The molecule has 0 spiro atoms. The van der Waals surface area contributed by atoms with Crippen LogP contribution < -0.4 is 30.5 Å². The summed E-state index contributed by atoms with van der Waals surface area (Å²) in [4.78, 5) is 49.4. The molecule has 0 radical (unpaired) electrons. The topological polar surface area (TPSA) is 225 Å². The number of ether oxygens (including phenoxy) is 2. The van der Waals surface area contributed by atoms with Crippen molar-refractivity contribution in [3.05, 3.63) is 102 Å². The number of β-amino-alcohol motifs (C(OH)–C–C–N with tert-alkyl or cyclic N) is 1. The molecule has 5 aliphatic heterocycles. The van der Waals surface area contributed by atoms with Crippen molar-refractivity contribution in [2.45, 2.75) is 127 Å². The molecule has 6 atom stereocenters. The van der Waals surface area contributed by atoms with Crippen LogP contribution in [-0.2, 0) is 14.3 Å². The van der Waals surface area contributed by atoms with Crippen LogP contribution in [0.3, 0.4) is 0 Å². The number of aliphatic hydroxyl groups excluding tert-OH is 1. The molecule has 1 aliphatic carbocycles. The van der Waals surface area contributed by atoms with Crippen molar-refractivity contribution in [1.82, 2.24) is 40.4 Å².